The van der Waals surface area contributed by atoms with Crippen LogP contribution in [-0.2, 0) is 11.3 Å². The van der Waals surface area contributed by atoms with E-state index in [9.17, 15) is 4.79 Å². The van der Waals surface area contributed by atoms with Crippen molar-refractivity contribution in [3.05, 3.63) is 65.5 Å². The second-order valence-electron chi connectivity index (χ2n) is 7.18. The van der Waals surface area contributed by atoms with E-state index < -0.39 is 0 Å². The zero-order valence-corrected chi connectivity index (χ0v) is 15.4. The van der Waals surface area contributed by atoms with Crippen LogP contribution in [0.25, 0.3) is 0 Å². The first-order chi connectivity index (χ1) is 13.3. The molecule has 1 aromatic heterocycles. The van der Waals surface area contributed by atoms with Gasteiger partial charge in [-0.1, -0.05) is 18.2 Å². The second kappa shape index (κ2) is 8.61. The van der Waals surface area contributed by atoms with Crippen LogP contribution in [0.3, 0.4) is 0 Å². The van der Waals surface area contributed by atoms with Gasteiger partial charge in [0, 0.05) is 37.4 Å². The fourth-order valence-electron chi connectivity index (χ4n) is 3.72. The summed E-state index contributed by atoms with van der Waals surface area (Å²) in [5.41, 5.74) is 9.28. The Morgan fingerprint density at radius 3 is 2.81 bits per heavy atom. The third kappa shape index (κ3) is 4.53. The van der Waals surface area contributed by atoms with E-state index in [0.29, 0.717) is 19.2 Å². The van der Waals surface area contributed by atoms with Crippen molar-refractivity contribution in [2.45, 2.75) is 38.0 Å². The molecule has 0 saturated carbocycles. The van der Waals surface area contributed by atoms with Gasteiger partial charge in [0.25, 0.3) is 5.91 Å². The highest BCUT2D eigenvalue weighted by molar-refractivity contribution is 5.94. The van der Waals surface area contributed by atoms with Gasteiger partial charge in [-0.3, -0.25) is 20.6 Å². The number of rotatable bonds is 5. The maximum Gasteiger partial charge on any atom is 0.253 e. The van der Waals surface area contributed by atoms with Crippen LogP contribution in [0.15, 0.2) is 48.7 Å². The number of aromatic nitrogens is 1. The number of nitrogens with zero attached hydrogens (tertiary/aromatic N) is 2. The summed E-state index contributed by atoms with van der Waals surface area (Å²) in [6, 6.07) is 14.1. The van der Waals surface area contributed by atoms with E-state index in [2.05, 4.69) is 28.0 Å². The molecule has 142 valence electrons. The van der Waals surface area contributed by atoms with Crippen LogP contribution < -0.4 is 10.9 Å². The van der Waals surface area contributed by atoms with E-state index in [4.69, 9.17) is 4.74 Å². The fraction of sp³-hybridized carbons (Fsp3) is 0.429. The van der Waals surface area contributed by atoms with Gasteiger partial charge in [0.2, 0.25) is 0 Å². The van der Waals surface area contributed by atoms with Gasteiger partial charge in [0.1, 0.15) is 0 Å². The molecule has 6 heteroatoms. The highest BCUT2D eigenvalue weighted by Crippen LogP contribution is 2.21. The molecule has 3 heterocycles. The van der Waals surface area contributed by atoms with Gasteiger partial charge < -0.3 is 9.64 Å². The minimum absolute atomic E-state index is 0.0674. The van der Waals surface area contributed by atoms with E-state index in [1.165, 1.54) is 5.56 Å². The molecule has 2 aromatic rings. The Balaban J connectivity index is 1.33. The lowest BCUT2D eigenvalue weighted by atomic mass is 10.0. The van der Waals surface area contributed by atoms with Crippen LogP contribution in [0.2, 0.25) is 0 Å². The molecule has 1 aromatic carbocycles. The van der Waals surface area contributed by atoms with Crippen LogP contribution in [0.1, 0.15) is 46.9 Å². The number of hydrogen-bond acceptors (Lipinski definition) is 5. The molecule has 2 aliphatic rings. The van der Waals surface area contributed by atoms with Crippen molar-refractivity contribution < 1.29 is 9.53 Å². The Morgan fingerprint density at radius 2 is 2.07 bits per heavy atom. The topological polar surface area (TPSA) is 66.5 Å². The first-order valence-electron chi connectivity index (χ1n) is 9.69. The maximum absolute atomic E-state index is 12.9. The summed E-state index contributed by atoms with van der Waals surface area (Å²) in [4.78, 5) is 19.1. The summed E-state index contributed by atoms with van der Waals surface area (Å²) < 4.78 is 6.00. The monoisotopic (exact) mass is 366 g/mol. The third-order valence-electron chi connectivity index (χ3n) is 5.25. The van der Waals surface area contributed by atoms with Crippen LogP contribution in [-0.4, -0.2) is 41.5 Å². The van der Waals surface area contributed by atoms with Crippen LogP contribution >= 0.6 is 0 Å². The lowest BCUT2D eigenvalue weighted by molar-refractivity contribution is -0.00785. The number of pyridine rings is 1. The lowest BCUT2D eigenvalue weighted by Gasteiger charge is -2.32. The summed E-state index contributed by atoms with van der Waals surface area (Å²) in [5, 5.41) is 0. The molecule has 0 radical (unpaired) electrons. The van der Waals surface area contributed by atoms with Gasteiger partial charge in [0.15, 0.2) is 0 Å². The summed E-state index contributed by atoms with van der Waals surface area (Å²) in [5.74, 6) is 0.0881. The van der Waals surface area contributed by atoms with Crippen LogP contribution in [0.4, 0.5) is 0 Å². The first-order valence-corrected chi connectivity index (χ1v) is 9.69. The molecule has 2 unspecified atom stereocenters. The van der Waals surface area contributed by atoms with Crippen LogP contribution in [0, 0.1) is 0 Å². The second-order valence-corrected chi connectivity index (χ2v) is 7.18. The van der Waals surface area contributed by atoms with Crippen molar-refractivity contribution in [1.82, 2.24) is 20.7 Å². The largest absolute Gasteiger partial charge is 0.370 e. The van der Waals surface area contributed by atoms with Gasteiger partial charge in [-0.2, -0.15) is 0 Å². The number of carbonyl (C=O) groups is 1. The van der Waals surface area contributed by atoms with Gasteiger partial charge >= 0.3 is 0 Å². The molecule has 27 heavy (non-hydrogen) atoms. The van der Waals surface area contributed by atoms with Crippen molar-refractivity contribution in [3.63, 3.8) is 0 Å². The summed E-state index contributed by atoms with van der Waals surface area (Å²) in [7, 11) is 0. The van der Waals surface area contributed by atoms with Gasteiger partial charge in [-0.15, -0.1) is 0 Å². The molecule has 4 rings (SSSR count). The first kappa shape index (κ1) is 18.1. The van der Waals surface area contributed by atoms with Crippen LogP contribution in [0.5, 0.6) is 0 Å². The summed E-state index contributed by atoms with van der Waals surface area (Å²) >= 11 is 0. The number of hydrogen-bond donors (Lipinski definition) is 2. The zero-order valence-electron chi connectivity index (χ0n) is 15.4. The quantitative estimate of drug-likeness (QED) is 0.851. The summed E-state index contributed by atoms with van der Waals surface area (Å²) in [6.07, 6.45) is 4.85. The smallest absolute Gasteiger partial charge is 0.253 e. The highest BCUT2D eigenvalue weighted by Gasteiger charge is 2.25. The number of benzene rings is 1. The average Bonchev–Trinajstić information content (AvgIpc) is 3.28. The number of nitrogens with one attached hydrogen (secondary N) is 2. The molecule has 2 fully saturated rings. The molecule has 1 amide bonds. The average molecular weight is 366 g/mol. The highest BCUT2D eigenvalue weighted by atomic mass is 16.5. The number of hydrazine groups is 1. The van der Waals surface area contributed by atoms with E-state index >= 15 is 0 Å². The minimum atomic E-state index is 0.0674. The van der Waals surface area contributed by atoms with Crippen molar-refractivity contribution in [3.8, 4) is 0 Å². The molecule has 2 atom stereocenters. The number of ether oxygens (including phenoxy) is 1. The van der Waals surface area contributed by atoms with E-state index in [0.717, 1.165) is 43.6 Å². The molecule has 0 spiro atoms. The Hall–Kier alpha value is -2.28. The molecule has 0 aliphatic carbocycles. The van der Waals surface area contributed by atoms with Crippen molar-refractivity contribution in [1.29, 1.82) is 0 Å². The Labute approximate surface area is 159 Å². The lowest BCUT2D eigenvalue weighted by Crippen LogP contribution is -2.43. The molecule has 2 saturated heterocycles. The van der Waals surface area contributed by atoms with Gasteiger partial charge in [-0.25, -0.2) is 0 Å². The normalized spacial score (nSPS) is 22.7. The Bertz CT molecular complexity index is 745. The minimum Gasteiger partial charge on any atom is -0.370 e. The molecule has 6 nitrogen and oxygen atoms in total. The third-order valence-corrected chi connectivity index (χ3v) is 5.25. The summed E-state index contributed by atoms with van der Waals surface area (Å²) in [6.45, 7) is 2.89. The van der Waals surface area contributed by atoms with Crippen molar-refractivity contribution in [2.75, 3.05) is 19.6 Å². The number of carbonyl (C=O) groups excluding carboxylic acids is 1. The van der Waals surface area contributed by atoms with E-state index in [1.807, 2.05) is 35.2 Å². The Kier molecular flexibility index (Phi) is 5.77. The Morgan fingerprint density at radius 1 is 1.19 bits per heavy atom. The predicted molar refractivity (Wildman–Crippen MR) is 103 cm³/mol. The van der Waals surface area contributed by atoms with Gasteiger partial charge in [0.05, 0.1) is 18.4 Å². The standard InChI is InChI=1S/C21H26N4O2/c26-21(17-8-6-16(7-9-17)20-10-12-23-24-20)25-13-3-5-19(14-25)27-15-18-4-1-2-11-22-18/h1-2,4,6-9,11,19-20,23-24H,3,5,10,12-15H2. The van der Waals surface area contributed by atoms with Gasteiger partial charge in [-0.05, 0) is 49.1 Å². The number of likely N-dealkylation sites (tertiary alicyclic amines) is 1. The molecular weight excluding hydrogens is 340 g/mol. The molecule has 0 bridgehead atoms. The predicted octanol–water partition coefficient (Wildman–Crippen LogP) is 2.44. The van der Waals surface area contributed by atoms with E-state index in [-0.39, 0.29) is 12.0 Å². The molecule has 2 aliphatic heterocycles. The zero-order chi connectivity index (χ0) is 18.5. The molecule has 2 N–H and O–H groups in total. The van der Waals surface area contributed by atoms with E-state index in [1.54, 1.807) is 6.20 Å². The SMILES string of the molecule is O=C(c1ccc(C2CCNN2)cc1)N1CCCC(OCc2ccccn2)C1. The van der Waals surface area contributed by atoms with Crippen molar-refractivity contribution >= 4 is 5.91 Å². The number of amides is 1. The number of piperidine rings is 1. The maximum atomic E-state index is 12.9. The van der Waals surface area contributed by atoms with Crippen molar-refractivity contribution in [2.24, 2.45) is 0 Å². The molecular formula is C21H26N4O2. The fourth-order valence-corrected chi connectivity index (χ4v) is 3.72.